The summed E-state index contributed by atoms with van der Waals surface area (Å²) in [5, 5.41) is 0. The zero-order valence-electron chi connectivity index (χ0n) is 19.3. The molecule has 0 radical (unpaired) electrons. The van der Waals surface area contributed by atoms with Crippen molar-refractivity contribution in [3.05, 3.63) is 82.3 Å². The van der Waals surface area contributed by atoms with E-state index in [0.29, 0.717) is 13.1 Å². The molecule has 0 saturated carbocycles. The monoisotopic (exact) mass is 430 g/mol. The molecule has 1 saturated heterocycles. The molecule has 0 aliphatic carbocycles. The number of nitrogens with zero attached hydrogens (tertiary/aromatic N) is 4. The number of aromatic nitrogens is 2. The van der Waals surface area contributed by atoms with E-state index in [0.717, 1.165) is 64.8 Å². The first kappa shape index (κ1) is 21.8. The number of carbonyl (C=O) groups excluding carboxylic acids is 1. The molecule has 2 heterocycles. The molecule has 1 aliphatic rings. The second-order valence-electron chi connectivity index (χ2n) is 8.28. The number of aryl methyl sites for hydroxylation is 3. The minimum atomic E-state index is 0.106. The van der Waals surface area contributed by atoms with Crippen LogP contribution < -0.4 is 9.64 Å². The molecular weight excluding hydrogens is 400 g/mol. The average Bonchev–Trinajstić information content (AvgIpc) is 2.81. The van der Waals surface area contributed by atoms with Gasteiger partial charge in [-0.15, -0.1) is 0 Å². The molecule has 6 heteroatoms. The number of carbonyl (C=O) groups is 1. The van der Waals surface area contributed by atoms with E-state index in [9.17, 15) is 4.79 Å². The lowest BCUT2D eigenvalue weighted by atomic mass is 10.0. The maximum atomic E-state index is 13.0. The molecule has 0 unspecified atom stereocenters. The second kappa shape index (κ2) is 9.39. The smallest absolute Gasteiger partial charge is 0.254 e. The lowest BCUT2D eigenvalue weighted by Gasteiger charge is -2.36. The van der Waals surface area contributed by atoms with E-state index in [1.165, 1.54) is 0 Å². The van der Waals surface area contributed by atoms with Gasteiger partial charge in [0.05, 0.1) is 7.11 Å². The summed E-state index contributed by atoms with van der Waals surface area (Å²) in [5.74, 6) is 2.69. The number of hydrogen-bond donors (Lipinski definition) is 0. The van der Waals surface area contributed by atoms with Crippen LogP contribution in [0.3, 0.4) is 0 Å². The van der Waals surface area contributed by atoms with Gasteiger partial charge < -0.3 is 14.5 Å². The molecule has 166 valence electrons. The molecule has 4 rings (SSSR count). The quantitative estimate of drug-likeness (QED) is 0.613. The van der Waals surface area contributed by atoms with Gasteiger partial charge in [0.2, 0.25) is 0 Å². The van der Waals surface area contributed by atoms with Crippen molar-refractivity contribution < 1.29 is 9.53 Å². The van der Waals surface area contributed by atoms with Crippen molar-refractivity contribution in [3.8, 4) is 5.75 Å². The molecule has 1 aliphatic heterocycles. The van der Waals surface area contributed by atoms with Crippen LogP contribution in [0.4, 0.5) is 5.82 Å². The van der Waals surface area contributed by atoms with Gasteiger partial charge in [0.15, 0.2) is 0 Å². The van der Waals surface area contributed by atoms with E-state index in [1.807, 2.05) is 62.1 Å². The number of amides is 1. The number of anilines is 1. The van der Waals surface area contributed by atoms with Gasteiger partial charge in [0.25, 0.3) is 5.91 Å². The van der Waals surface area contributed by atoms with Crippen LogP contribution in [0.2, 0.25) is 0 Å². The Morgan fingerprint density at radius 3 is 2.44 bits per heavy atom. The largest absolute Gasteiger partial charge is 0.497 e. The topological polar surface area (TPSA) is 58.6 Å². The number of methoxy groups -OCH3 is 1. The summed E-state index contributed by atoms with van der Waals surface area (Å²) in [4.78, 5) is 26.7. The summed E-state index contributed by atoms with van der Waals surface area (Å²) >= 11 is 0. The van der Waals surface area contributed by atoms with Gasteiger partial charge in [-0.05, 0) is 50.1 Å². The number of piperazine rings is 1. The zero-order valence-corrected chi connectivity index (χ0v) is 19.3. The summed E-state index contributed by atoms with van der Waals surface area (Å²) < 4.78 is 5.39. The maximum Gasteiger partial charge on any atom is 0.254 e. The van der Waals surface area contributed by atoms with Crippen molar-refractivity contribution in [2.24, 2.45) is 0 Å². The molecule has 1 amide bonds. The Bertz CT molecular complexity index is 1120. The van der Waals surface area contributed by atoms with Crippen LogP contribution in [0.5, 0.6) is 5.75 Å². The standard InChI is InChI=1S/C26H30N4O2/c1-18-8-5-6-11-23(18)26(31)30-14-12-29(13-15-30)25-24(19(2)27-20(3)28-25)17-21-9-7-10-22(16-21)32-4/h5-11,16H,12-15,17H2,1-4H3. The van der Waals surface area contributed by atoms with Crippen LogP contribution in [0, 0.1) is 20.8 Å². The zero-order chi connectivity index (χ0) is 22.7. The van der Waals surface area contributed by atoms with Crippen molar-refractivity contribution in [2.45, 2.75) is 27.2 Å². The van der Waals surface area contributed by atoms with Gasteiger partial charge in [-0.3, -0.25) is 4.79 Å². The van der Waals surface area contributed by atoms with Crippen molar-refractivity contribution in [3.63, 3.8) is 0 Å². The van der Waals surface area contributed by atoms with Gasteiger partial charge in [0.1, 0.15) is 17.4 Å². The lowest BCUT2D eigenvalue weighted by Crippen LogP contribution is -2.49. The number of hydrogen-bond acceptors (Lipinski definition) is 5. The Hall–Kier alpha value is -3.41. The summed E-state index contributed by atoms with van der Waals surface area (Å²) in [7, 11) is 1.68. The predicted octanol–water partition coefficient (Wildman–Crippen LogP) is 3.96. The fourth-order valence-corrected chi connectivity index (χ4v) is 4.28. The van der Waals surface area contributed by atoms with E-state index in [2.05, 4.69) is 22.0 Å². The molecule has 0 spiro atoms. The molecule has 32 heavy (non-hydrogen) atoms. The number of rotatable bonds is 5. The molecule has 1 aromatic heterocycles. The molecule has 0 atom stereocenters. The maximum absolute atomic E-state index is 13.0. The van der Waals surface area contributed by atoms with Crippen LogP contribution in [0.1, 0.15) is 38.6 Å². The van der Waals surface area contributed by atoms with Gasteiger partial charge >= 0.3 is 0 Å². The third kappa shape index (κ3) is 4.59. The van der Waals surface area contributed by atoms with E-state index in [4.69, 9.17) is 9.72 Å². The average molecular weight is 431 g/mol. The van der Waals surface area contributed by atoms with Gasteiger partial charge in [-0.1, -0.05) is 30.3 Å². The van der Waals surface area contributed by atoms with E-state index >= 15 is 0 Å². The first-order valence-electron chi connectivity index (χ1n) is 11.0. The van der Waals surface area contributed by atoms with Gasteiger partial charge in [0, 0.05) is 49.4 Å². The fraction of sp³-hybridized carbons (Fsp3) is 0.346. The highest BCUT2D eigenvalue weighted by atomic mass is 16.5. The summed E-state index contributed by atoms with van der Waals surface area (Å²) in [6.45, 7) is 8.81. The van der Waals surface area contributed by atoms with Crippen LogP contribution in [0.25, 0.3) is 0 Å². The molecule has 6 nitrogen and oxygen atoms in total. The van der Waals surface area contributed by atoms with Gasteiger partial charge in [-0.25, -0.2) is 9.97 Å². The first-order valence-corrected chi connectivity index (χ1v) is 11.0. The fourth-order valence-electron chi connectivity index (χ4n) is 4.28. The Labute approximate surface area is 189 Å². The first-order chi connectivity index (χ1) is 15.5. The normalized spacial score (nSPS) is 13.9. The summed E-state index contributed by atoms with van der Waals surface area (Å²) in [5.41, 5.74) is 5.08. The molecule has 0 N–H and O–H groups in total. The van der Waals surface area contributed by atoms with E-state index in [1.54, 1.807) is 7.11 Å². The number of benzene rings is 2. The molecule has 2 aromatic carbocycles. The number of ether oxygens (including phenoxy) is 1. The highest BCUT2D eigenvalue weighted by molar-refractivity contribution is 5.95. The van der Waals surface area contributed by atoms with Crippen molar-refractivity contribution >= 4 is 11.7 Å². The Morgan fingerprint density at radius 1 is 0.969 bits per heavy atom. The molecular formula is C26H30N4O2. The van der Waals surface area contributed by atoms with Crippen LogP contribution in [-0.2, 0) is 6.42 Å². The van der Waals surface area contributed by atoms with E-state index < -0.39 is 0 Å². The van der Waals surface area contributed by atoms with Crippen LogP contribution in [0.15, 0.2) is 48.5 Å². The van der Waals surface area contributed by atoms with Crippen molar-refractivity contribution in [2.75, 3.05) is 38.2 Å². The van der Waals surface area contributed by atoms with Crippen molar-refractivity contribution in [1.82, 2.24) is 14.9 Å². The van der Waals surface area contributed by atoms with E-state index in [-0.39, 0.29) is 5.91 Å². The minimum absolute atomic E-state index is 0.106. The Morgan fingerprint density at radius 2 is 1.72 bits per heavy atom. The highest BCUT2D eigenvalue weighted by Gasteiger charge is 2.26. The minimum Gasteiger partial charge on any atom is -0.497 e. The summed E-state index contributed by atoms with van der Waals surface area (Å²) in [6, 6.07) is 15.9. The third-order valence-corrected chi connectivity index (χ3v) is 6.06. The Kier molecular flexibility index (Phi) is 6.40. The Balaban J connectivity index is 1.54. The third-order valence-electron chi connectivity index (χ3n) is 6.06. The van der Waals surface area contributed by atoms with Crippen LogP contribution >= 0.6 is 0 Å². The lowest BCUT2D eigenvalue weighted by molar-refractivity contribution is 0.0745. The van der Waals surface area contributed by atoms with Crippen molar-refractivity contribution in [1.29, 1.82) is 0 Å². The SMILES string of the molecule is COc1cccc(Cc2c(C)nc(C)nc2N2CCN(C(=O)c3ccccc3C)CC2)c1. The molecule has 3 aromatic rings. The highest BCUT2D eigenvalue weighted by Crippen LogP contribution is 2.26. The molecule has 0 bridgehead atoms. The predicted molar refractivity (Wildman–Crippen MR) is 127 cm³/mol. The summed E-state index contributed by atoms with van der Waals surface area (Å²) in [6.07, 6.45) is 0.737. The van der Waals surface area contributed by atoms with Gasteiger partial charge in [-0.2, -0.15) is 0 Å². The second-order valence-corrected chi connectivity index (χ2v) is 8.28. The molecule has 1 fully saturated rings. The van der Waals surface area contributed by atoms with Crippen LogP contribution in [-0.4, -0.2) is 54.1 Å².